The zero-order valence-corrected chi connectivity index (χ0v) is 12.7. The number of nitrogens with zero attached hydrogens (tertiary/aromatic N) is 1. The molecule has 6 heteroatoms. The Bertz CT molecular complexity index is 341. The summed E-state index contributed by atoms with van der Waals surface area (Å²) in [6.45, 7) is 5.59. The van der Waals surface area contributed by atoms with E-state index in [1.165, 1.54) is 4.31 Å². The van der Waals surface area contributed by atoms with Crippen LogP contribution < -0.4 is 5.32 Å². The Morgan fingerprint density at radius 1 is 1.39 bits per heavy atom. The molecule has 1 heterocycles. The first-order chi connectivity index (χ1) is 8.33. The molecule has 1 saturated heterocycles. The van der Waals surface area contributed by atoms with Gasteiger partial charge in [0, 0.05) is 33.3 Å². The second-order valence-corrected chi connectivity index (χ2v) is 7.73. The molecule has 1 aliphatic rings. The Morgan fingerprint density at radius 3 is 2.61 bits per heavy atom. The lowest BCUT2D eigenvalue weighted by Gasteiger charge is -2.32. The standard InChI is InChI=1S/C12H26N2O3S/c1-10(2)12-9-11(5-7-17-12)13-6-8-18(15,16)14(3)4/h10-13H,5-9H2,1-4H3. The van der Waals surface area contributed by atoms with Crippen LogP contribution in [0.2, 0.25) is 0 Å². The van der Waals surface area contributed by atoms with Gasteiger partial charge in [-0.25, -0.2) is 12.7 Å². The van der Waals surface area contributed by atoms with Crippen LogP contribution in [0.1, 0.15) is 26.7 Å². The minimum absolute atomic E-state index is 0.156. The predicted molar refractivity (Wildman–Crippen MR) is 73.1 cm³/mol. The summed E-state index contributed by atoms with van der Waals surface area (Å²) >= 11 is 0. The van der Waals surface area contributed by atoms with Gasteiger partial charge in [0.25, 0.3) is 0 Å². The summed E-state index contributed by atoms with van der Waals surface area (Å²) in [5.74, 6) is 0.670. The number of nitrogens with one attached hydrogen (secondary N) is 1. The maximum atomic E-state index is 11.6. The van der Waals surface area contributed by atoms with Crippen LogP contribution in [0.15, 0.2) is 0 Å². The molecule has 2 unspecified atom stereocenters. The van der Waals surface area contributed by atoms with Gasteiger partial charge >= 0.3 is 0 Å². The summed E-state index contributed by atoms with van der Waals surface area (Å²) in [5.41, 5.74) is 0. The average molecular weight is 278 g/mol. The van der Waals surface area contributed by atoms with Gasteiger partial charge in [-0.05, 0) is 18.8 Å². The van der Waals surface area contributed by atoms with Gasteiger partial charge in [-0.1, -0.05) is 13.8 Å². The highest BCUT2D eigenvalue weighted by Gasteiger charge is 2.24. The molecular formula is C12H26N2O3S. The van der Waals surface area contributed by atoms with Crippen molar-refractivity contribution in [3.05, 3.63) is 0 Å². The summed E-state index contributed by atoms with van der Waals surface area (Å²) in [5, 5.41) is 3.33. The molecule has 0 aromatic heterocycles. The molecule has 5 nitrogen and oxygen atoms in total. The Labute approximate surface area is 111 Å². The molecule has 1 rings (SSSR count). The van der Waals surface area contributed by atoms with Crippen LogP contribution in [0.3, 0.4) is 0 Å². The lowest BCUT2D eigenvalue weighted by atomic mass is 9.95. The maximum Gasteiger partial charge on any atom is 0.214 e. The monoisotopic (exact) mass is 278 g/mol. The van der Waals surface area contributed by atoms with Crippen LogP contribution in [0, 0.1) is 5.92 Å². The third-order valence-corrected chi connectivity index (χ3v) is 5.24. The Balaban J connectivity index is 2.32. The quantitative estimate of drug-likeness (QED) is 0.776. The Morgan fingerprint density at radius 2 is 2.06 bits per heavy atom. The molecule has 0 saturated carbocycles. The lowest BCUT2D eigenvalue weighted by molar-refractivity contribution is -0.0240. The molecule has 0 bridgehead atoms. The van der Waals surface area contributed by atoms with Crippen LogP contribution in [0.4, 0.5) is 0 Å². The van der Waals surface area contributed by atoms with E-state index >= 15 is 0 Å². The van der Waals surface area contributed by atoms with Crippen LogP contribution in [-0.4, -0.2) is 57.9 Å². The maximum absolute atomic E-state index is 11.6. The van der Waals surface area contributed by atoms with E-state index in [2.05, 4.69) is 19.2 Å². The molecule has 18 heavy (non-hydrogen) atoms. The van der Waals surface area contributed by atoms with Crippen molar-refractivity contribution in [3.8, 4) is 0 Å². The topological polar surface area (TPSA) is 58.6 Å². The smallest absolute Gasteiger partial charge is 0.214 e. The summed E-state index contributed by atoms with van der Waals surface area (Å²) in [6.07, 6.45) is 2.23. The third kappa shape index (κ3) is 4.84. The first kappa shape index (κ1) is 15.9. The fourth-order valence-corrected chi connectivity index (χ4v) is 2.79. The van der Waals surface area contributed by atoms with Gasteiger partial charge in [-0.2, -0.15) is 0 Å². The zero-order valence-electron chi connectivity index (χ0n) is 11.8. The molecule has 0 radical (unpaired) electrons. The van der Waals surface area contributed by atoms with E-state index in [1.807, 2.05) is 0 Å². The van der Waals surface area contributed by atoms with Crippen LogP contribution >= 0.6 is 0 Å². The lowest BCUT2D eigenvalue weighted by Crippen LogP contribution is -2.43. The van der Waals surface area contributed by atoms with E-state index in [1.54, 1.807) is 14.1 Å². The van der Waals surface area contributed by atoms with E-state index < -0.39 is 10.0 Å². The molecule has 0 aliphatic carbocycles. The Kier molecular flexibility index (Phi) is 6.04. The van der Waals surface area contributed by atoms with E-state index in [0.717, 1.165) is 19.4 Å². The van der Waals surface area contributed by atoms with E-state index in [4.69, 9.17) is 4.74 Å². The van der Waals surface area contributed by atoms with Gasteiger partial charge in [-0.15, -0.1) is 0 Å². The van der Waals surface area contributed by atoms with Gasteiger partial charge in [0.05, 0.1) is 11.9 Å². The van der Waals surface area contributed by atoms with E-state index in [9.17, 15) is 8.42 Å². The third-order valence-electron chi connectivity index (χ3n) is 3.41. The van der Waals surface area contributed by atoms with Gasteiger partial charge < -0.3 is 10.1 Å². The van der Waals surface area contributed by atoms with Crippen molar-refractivity contribution >= 4 is 10.0 Å². The molecule has 0 aromatic rings. The molecule has 108 valence electrons. The second-order valence-electron chi connectivity index (χ2n) is 5.43. The highest BCUT2D eigenvalue weighted by molar-refractivity contribution is 7.89. The number of sulfonamides is 1. The van der Waals surface area contributed by atoms with Crippen molar-refractivity contribution in [1.29, 1.82) is 0 Å². The van der Waals surface area contributed by atoms with Crippen molar-refractivity contribution in [2.24, 2.45) is 5.92 Å². The molecule has 1 aliphatic heterocycles. The first-order valence-corrected chi connectivity index (χ1v) is 8.19. The van der Waals surface area contributed by atoms with Crippen molar-refractivity contribution in [3.63, 3.8) is 0 Å². The summed E-state index contributed by atoms with van der Waals surface area (Å²) in [4.78, 5) is 0. The van der Waals surface area contributed by atoms with Gasteiger partial charge in [0.2, 0.25) is 10.0 Å². The van der Waals surface area contributed by atoms with Gasteiger partial charge in [0.15, 0.2) is 0 Å². The molecule has 0 amide bonds. The predicted octanol–water partition coefficient (Wildman–Crippen LogP) is 0.671. The van der Waals surface area contributed by atoms with Crippen LogP contribution in [0.5, 0.6) is 0 Å². The largest absolute Gasteiger partial charge is 0.378 e. The molecule has 2 atom stereocenters. The summed E-state index contributed by atoms with van der Waals surface area (Å²) in [7, 11) is 0.0468. The number of hydrogen-bond donors (Lipinski definition) is 1. The van der Waals surface area contributed by atoms with Crippen LogP contribution in [-0.2, 0) is 14.8 Å². The van der Waals surface area contributed by atoms with Crippen molar-refractivity contribution in [2.75, 3.05) is 33.0 Å². The van der Waals surface area contributed by atoms with Crippen molar-refractivity contribution in [1.82, 2.24) is 9.62 Å². The normalized spacial score (nSPS) is 25.9. The molecule has 0 spiro atoms. The van der Waals surface area contributed by atoms with Gasteiger partial charge in [0.1, 0.15) is 0 Å². The summed E-state index contributed by atoms with van der Waals surface area (Å²) < 4.78 is 30.2. The molecular weight excluding hydrogens is 252 g/mol. The zero-order chi connectivity index (χ0) is 13.8. The van der Waals surface area contributed by atoms with Crippen LogP contribution in [0.25, 0.3) is 0 Å². The minimum atomic E-state index is -3.09. The van der Waals surface area contributed by atoms with E-state index in [-0.39, 0.29) is 5.75 Å². The number of hydrogen-bond acceptors (Lipinski definition) is 4. The van der Waals surface area contributed by atoms with Gasteiger partial charge in [-0.3, -0.25) is 0 Å². The van der Waals surface area contributed by atoms with Crippen molar-refractivity contribution in [2.45, 2.75) is 38.8 Å². The highest BCUT2D eigenvalue weighted by atomic mass is 32.2. The first-order valence-electron chi connectivity index (χ1n) is 6.58. The SMILES string of the molecule is CC(C)C1CC(NCCS(=O)(=O)N(C)C)CCO1. The fraction of sp³-hybridized carbons (Fsp3) is 1.00. The molecule has 1 N–H and O–H groups in total. The highest BCUT2D eigenvalue weighted by Crippen LogP contribution is 2.19. The van der Waals surface area contributed by atoms with E-state index in [0.29, 0.717) is 24.6 Å². The fourth-order valence-electron chi connectivity index (χ4n) is 2.05. The Hall–Kier alpha value is -0.170. The molecule has 1 fully saturated rings. The number of rotatable bonds is 6. The molecule has 0 aromatic carbocycles. The summed E-state index contributed by atoms with van der Waals surface area (Å²) in [6, 6.07) is 0.378. The minimum Gasteiger partial charge on any atom is -0.378 e. The number of ether oxygens (including phenoxy) is 1. The average Bonchev–Trinajstić information content (AvgIpc) is 2.29. The van der Waals surface area contributed by atoms with Crippen molar-refractivity contribution < 1.29 is 13.2 Å². The second kappa shape index (κ2) is 6.84.